The molecule has 0 saturated carbocycles. The second kappa shape index (κ2) is 7.41. The molecule has 0 aromatic heterocycles. The minimum Gasteiger partial charge on any atom is -0.347 e. The monoisotopic (exact) mass is 347 g/mol. The van der Waals surface area contributed by atoms with Crippen molar-refractivity contribution in [1.82, 2.24) is 10.2 Å². The van der Waals surface area contributed by atoms with Crippen LogP contribution in [-0.4, -0.2) is 55.0 Å². The zero-order valence-corrected chi connectivity index (χ0v) is 14.7. The van der Waals surface area contributed by atoms with E-state index in [9.17, 15) is 9.59 Å². The third kappa shape index (κ3) is 4.11. The molecular weight excluding hydrogens is 322 g/mol. The van der Waals surface area contributed by atoms with Crippen molar-refractivity contribution in [2.24, 2.45) is 0 Å². The van der Waals surface area contributed by atoms with Crippen molar-refractivity contribution in [3.63, 3.8) is 0 Å². The number of hydrogen-bond acceptors (Lipinski definition) is 4. The van der Waals surface area contributed by atoms with Crippen molar-refractivity contribution >= 4 is 17.6 Å². The lowest BCUT2D eigenvalue weighted by Crippen LogP contribution is -2.47. The summed E-state index contributed by atoms with van der Waals surface area (Å²) >= 11 is 0. The van der Waals surface area contributed by atoms with Gasteiger partial charge in [0.2, 0.25) is 0 Å². The first-order chi connectivity index (χ1) is 12.0. The Bertz CT molecular complexity index is 631. The van der Waals surface area contributed by atoms with Crippen LogP contribution in [0.2, 0.25) is 0 Å². The molecule has 0 unspecified atom stereocenters. The Labute approximate surface area is 147 Å². The largest absolute Gasteiger partial charge is 0.347 e. The van der Waals surface area contributed by atoms with Crippen LogP contribution in [-0.2, 0) is 9.47 Å². The fraction of sp³-hybridized carbons (Fsp3) is 0.556. The number of para-hydroxylation sites is 1. The summed E-state index contributed by atoms with van der Waals surface area (Å²) in [5.74, 6) is -0.598. The Kier molecular flexibility index (Phi) is 5.24. The molecule has 2 aliphatic rings. The molecule has 0 aliphatic carbocycles. The lowest BCUT2D eigenvalue weighted by atomic mass is 10.0. The molecule has 136 valence electrons. The van der Waals surface area contributed by atoms with Gasteiger partial charge in [0.25, 0.3) is 5.91 Å². The Morgan fingerprint density at radius 2 is 1.76 bits per heavy atom. The van der Waals surface area contributed by atoms with Gasteiger partial charge in [-0.05, 0) is 26.0 Å². The van der Waals surface area contributed by atoms with Gasteiger partial charge in [-0.25, -0.2) is 4.79 Å². The maximum absolute atomic E-state index is 12.9. The van der Waals surface area contributed by atoms with Crippen molar-refractivity contribution in [1.29, 1.82) is 0 Å². The van der Waals surface area contributed by atoms with E-state index in [1.165, 1.54) is 0 Å². The molecule has 0 atom stereocenters. The summed E-state index contributed by atoms with van der Waals surface area (Å²) in [4.78, 5) is 26.7. The minimum absolute atomic E-state index is 0.0209. The van der Waals surface area contributed by atoms with Crippen LogP contribution >= 0.6 is 0 Å². The molecule has 1 aromatic carbocycles. The fourth-order valence-electron chi connectivity index (χ4n) is 3.21. The summed E-state index contributed by atoms with van der Waals surface area (Å²) in [6.07, 6.45) is 1.34. The van der Waals surface area contributed by atoms with Crippen molar-refractivity contribution in [3.05, 3.63) is 29.8 Å². The van der Waals surface area contributed by atoms with E-state index < -0.39 is 5.79 Å². The van der Waals surface area contributed by atoms with Crippen LogP contribution in [0.4, 0.5) is 10.5 Å². The molecule has 3 amide bonds. The molecule has 1 aromatic rings. The maximum Gasteiger partial charge on any atom is 0.319 e. The normalized spacial score (nSPS) is 19.2. The topological polar surface area (TPSA) is 79.9 Å². The quantitative estimate of drug-likeness (QED) is 0.878. The van der Waals surface area contributed by atoms with Gasteiger partial charge in [-0.15, -0.1) is 0 Å². The van der Waals surface area contributed by atoms with E-state index in [1.807, 2.05) is 13.8 Å². The third-order valence-corrected chi connectivity index (χ3v) is 4.45. The predicted molar refractivity (Wildman–Crippen MR) is 93.5 cm³/mol. The molecule has 2 aliphatic heterocycles. The maximum atomic E-state index is 12.9. The van der Waals surface area contributed by atoms with Gasteiger partial charge in [-0.3, -0.25) is 4.79 Å². The van der Waals surface area contributed by atoms with E-state index in [0.717, 1.165) is 0 Å². The summed E-state index contributed by atoms with van der Waals surface area (Å²) in [7, 11) is 0. The second-order valence-electron chi connectivity index (χ2n) is 6.70. The SMILES string of the molecule is CC(C)NC(=O)Nc1ccccc1C(=O)N1CCC2(CC1)OCCO2. The van der Waals surface area contributed by atoms with Gasteiger partial charge in [-0.2, -0.15) is 0 Å². The van der Waals surface area contributed by atoms with Crippen LogP contribution < -0.4 is 10.6 Å². The Morgan fingerprint density at radius 1 is 1.12 bits per heavy atom. The lowest BCUT2D eigenvalue weighted by molar-refractivity contribution is -0.181. The zero-order chi connectivity index (χ0) is 17.9. The number of likely N-dealkylation sites (tertiary alicyclic amines) is 1. The number of carbonyl (C=O) groups is 2. The number of carbonyl (C=O) groups excluding carboxylic acids is 2. The number of nitrogens with one attached hydrogen (secondary N) is 2. The van der Waals surface area contributed by atoms with Crippen LogP contribution in [0.5, 0.6) is 0 Å². The average molecular weight is 347 g/mol. The van der Waals surface area contributed by atoms with Crippen LogP contribution in [0.15, 0.2) is 24.3 Å². The second-order valence-corrected chi connectivity index (χ2v) is 6.70. The van der Waals surface area contributed by atoms with Gasteiger partial charge < -0.3 is 25.0 Å². The number of hydrogen-bond donors (Lipinski definition) is 2. The predicted octanol–water partition coefficient (Wildman–Crippen LogP) is 2.20. The van der Waals surface area contributed by atoms with E-state index in [1.54, 1.807) is 29.2 Å². The van der Waals surface area contributed by atoms with Crippen LogP contribution in [0.25, 0.3) is 0 Å². The number of benzene rings is 1. The van der Waals surface area contributed by atoms with E-state index >= 15 is 0 Å². The molecule has 2 fully saturated rings. The molecule has 1 spiro atoms. The third-order valence-electron chi connectivity index (χ3n) is 4.45. The number of nitrogens with zero attached hydrogens (tertiary/aromatic N) is 1. The Morgan fingerprint density at radius 3 is 2.40 bits per heavy atom. The highest BCUT2D eigenvalue weighted by Crippen LogP contribution is 2.32. The molecule has 0 radical (unpaired) electrons. The van der Waals surface area contributed by atoms with Gasteiger partial charge in [0, 0.05) is 32.0 Å². The fourth-order valence-corrected chi connectivity index (χ4v) is 3.21. The number of urea groups is 1. The van der Waals surface area contributed by atoms with Gasteiger partial charge >= 0.3 is 6.03 Å². The molecule has 2 saturated heterocycles. The van der Waals surface area contributed by atoms with E-state index in [-0.39, 0.29) is 18.0 Å². The van der Waals surface area contributed by atoms with E-state index in [2.05, 4.69) is 10.6 Å². The number of amides is 3. The first-order valence-corrected chi connectivity index (χ1v) is 8.73. The van der Waals surface area contributed by atoms with Crippen LogP contribution in [0, 0.1) is 0 Å². The van der Waals surface area contributed by atoms with E-state index in [0.29, 0.717) is 50.4 Å². The van der Waals surface area contributed by atoms with Gasteiger partial charge in [0.05, 0.1) is 24.5 Å². The van der Waals surface area contributed by atoms with Crippen molar-refractivity contribution < 1.29 is 19.1 Å². The molecular formula is C18H25N3O4. The Hall–Kier alpha value is -2.12. The molecule has 2 heterocycles. The van der Waals surface area contributed by atoms with Crippen LogP contribution in [0.1, 0.15) is 37.0 Å². The van der Waals surface area contributed by atoms with Gasteiger partial charge in [-0.1, -0.05) is 12.1 Å². The number of ether oxygens (including phenoxy) is 2. The number of rotatable bonds is 3. The number of piperidine rings is 1. The van der Waals surface area contributed by atoms with Crippen LogP contribution in [0.3, 0.4) is 0 Å². The lowest BCUT2D eigenvalue weighted by Gasteiger charge is -2.37. The first-order valence-electron chi connectivity index (χ1n) is 8.73. The standard InChI is InChI=1S/C18H25N3O4/c1-13(2)19-17(23)20-15-6-4-3-5-14(15)16(22)21-9-7-18(8-10-21)24-11-12-25-18/h3-6,13H,7-12H2,1-2H3,(H2,19,20,23). The molecule has 0 bridgehead atoms. The van der Waals surface area contributed by atoms with E-state index in [4.69, 9.17) is 9.47 Å². The van der Waals surface area contributed by atoms with Crippen molar-refractivity contribution in [3.8, 4) is 0 Å². The summed E-state index contributed by atoms with van der Waals surface area (Å²) in [6, 6.07) is 6.77. The average Bonchev–Trinajstić information content (AvgIpc) is 3.03. The highest BCUT2D eigenvalue weighted by Gasteiger charge is 2.41. The van der Waals surface area contributed by atoms with Crippen molar-refractivity contribution in [2.75, 3.05) is 31.6 Å². The summed E-state index contributed by atoms with van der Waals surface area (Å²) in [6.45, 7) is 6.15. The molecule has 7 nitrogen and oxygen atoms in total. The summed E-state index contributed by atoms with van der Waals surface area (Å²) in [5.41, 5.74) is 1.00. The number of anilines is 1. The molecule has 25 heavy (non-hydrogen) atoms. The molecule has 2 N–H and O–H groups in total. The van der Waals surface area contributed by atoms with Gasteiger partial charge in [0.15, 0.2) is 5.79 Å². The smallest absolute Gasteiger partial charge is 0.319 e. The minimum atomic E-state index is -0.508. The first kappa shape index (κ1) is 17.7. The summed E-state index contributed by atoms with van der Waals surface area (Å²) in [5, 5.41) is 5.53. The zero-order valence-electron chi connectivity index (χ0n) is 14.7. The van der Waals surface area contributed by atoms with Gasteiger partial charge in [0.1, 0.15) is 0 Å². The Balaban J connectivity index is 1.67. The molecule has 3 rings (SSSR count). The molecule has 7 heteroatoms. The highest BCUT2D eigenvalue weighted by atomic mass is 16.7. The summed E-state index contributed by atoms with van der Waals surface area (Å²) < 4.78 is 11.4. The van der Waals surface area contributed by atoms with Crippen molar-refractivity contribution in [2.45, 2.75) is 38.5 Å². The highest BCUT2D eigenvalue weighted by molar-refractivity contribution is 6.03.